The third kappa shape index (κ3) is 4.42. The van der Waals surface area contributed by atoms with Gasteiger partial charge in [-0.25, -0.2) is 0 Å². The van der Waals surface area contributed by atoms with E-state index in [1.807, 2.05) is 43.1 Å². The molecule has 100 valence electrons. The van der Waals surface area contributed by atoms with Crippen LogP contribution in [0.2, 0.25) is 0 Å². The molecular weight excluding hydrogens is 292 g/mol. The summed E-state index contributed by atoms with van der Waals surface area (Å²) in [6, 6.07) is 8.32. The Labute approximate surface area is 118 Å². The summed E-state index contributed by atoms with van der Waals surface area (Å²) >= 11 is 3.50. The maximum atomic E-state index is 11.9. The standard InChI is InChI=1S/C14H21BrN2O/c1-10(2)17(4)9-14(18)16-11(3)12-7-5-6-8-13(12)15/h5-8,10-11H,9H2,1-4H3,(H,16,18). The smallest absolute Gasteiger partial charge is 0.234 e. The number of amides is 1. The summed E-state index contributed by atoms with van der Waals surface area (Å²) in [6.07, 6.45) is 0. The number of hydrogen-bond acceptors (Lipinski definition) is 2. The summed E-state index contributed by atoms with van der Waals surface area (Å²) < 4.78 is 1.02. The van der Waals surface area contributed by atoms with Crippen LogP contribution in [0.5, 0.6) is 0 Å². The lowest BCUT2D eigenvalue weighted by molar-refractivity contribution is -0.122. The number of likely N-dealkylation sites (N-methyl/N-ethyl adjacent to an activating group) is 1. The van der Waals surface area contributed by atoms with Gasteiger partial charge in [-0.15, -0.1) is 0 Å². The Morgan fingerprint density at radius 2 is 1.94 bits per heavy atom. The lowest BCUT2D eigenvalue weighted by Gasteiger charge is -2.22. The van der Waals surface area contributed by atoms with Crippen molar-refractivity contribution in [3.05, 3.63) is 34.3 Å². The van der Waals surface area contributed by atoms with Gasteiger partial charge in [0.2, 0.25) is 5.91 Å². The van der Waals surface area contributed by atoms with Crippen LogP contribution in [0, 0.1) is 0 Å². The van der Waals surface area contributed by atoms with Gasteiger partial charge in [0.1, 0.15) is 0 Å². The predicted molar refractivity (Wildman–Crippen MR) is 78.5 cm³/mol. The van der Waals surface area contributed by atoms with Crippen molar-refractivity contribution in [3.8, 4) is 0 Å². The van der Waals surface area contributed by atoms with Crippen LogP contribution in [-0.2, 0) is 4.79 Å². The first kappa shape index (κ1) is 15.2. The number of benzene rings is 1. The molecule has 0 aliphatic carbocycles. The number of nitrogens with one attached hydrogen (secondary N) is 1. The second-order valence-corrected chi connectivity index (χ2v) is 5.67. The quantitative estimate of drug-likeness (QED) is 0.906. The third-order valence-electron chi connectivity index (χ3n) is 3.02. The molecule has 3 nitrogen and oxygen atoms in total. The lowest BCUT2D eigenvalue weighted by Crippen LogP contribution is -2.39. The first-order valence-electron chi connectivity index (χ1n) is 6.16. The van der Waals surface area contributed by atoms with Crippen LogP contribution in [0.1, 0.15) is 32.4 Å². The molecule has 1 unspecified atom stereocenters. The number of rotatable bonds is 5. The minimum atomic E-state index is 0.00800. The highest BCUT2D eigenvalue weighted by Gasteiger charge is 2.14. The van der Waals surface area contributed by atoms with Gasteiger partial charge in [0, 0.05) is 10.5 Å². The normalized spacial score (nSPS) is 12.8. The Morgan fingerprint density at radius 1 is 1.33 bits per heavy atom. The van der Waals surface area contributed by atoms with Crippen molar-refractivity contribution in [1.82, 2.24) is 10.2 Å². The average Bonchev–Trinajstić information content (AvgIpc) is 2.28. The summed E-state index contributed by atoms with van der Waals surface area (Å²) in [5, 5.41) is 3.01. The maximum Gasteiger partial charge on any atom is 0.234 e. The van der Waals surface area contributed by atoms with Gasteiger partial charge in [-0.2, -0.15) is 0 Å². The van der Waals surface area contributed by atoms with Crippen LogP contribution in [-0.4, -0.2) is 30.4 Å². The highest BCUT2D eigenvalue weighted by molar-refractivity contribution is 9.10. The van der Waals surface area contributed by atoms with E-state index in [2.05, 4.69) is 35.1 Å². The summed E-state index contributed by atoms with van der Waals surface area (Å²) in [7, 11) is 1.95. The van der Waals surface area contributed by atoms with Gasteiger partial charge >= 0.3 is 0 Å². The third-order valence-corrected chi connectivity index (χ3v) is 3.75. The van der Waals surface area contributed by atoms with Crippen LogP contribution in [0.25, 0.3) is 0 Å². The molecule has 0 fully saturated rings. The molecule has 18 heavy (non-hydrogen) atoms. The van der Waals surface area contributed by atoms with Crippen LogP contribution in [0.3, 0.4) is 0 Å². The number of carbonyl (C=O) groups is 1. The molecule has 1 atom stereocenters. The van der Waals surface area contributed by atoms with Crippen molar-refractivity contribution in [2.75, 3.05) is 13.6 Å². The minimum Gasteiger partial charge on any atom is -0.348 e. The average molecular weight is 313 g/mol. The molecule has 0 saturated carbocycles. The number of nitrogens with zero attached hydrogens (tertiary/aromatic N) is 1. The van der Waals surface area contributed by atoms with Crippen molar-refractivity contribution in [2.45, 2.75) is 32.9 Å². The Hall–Kier alpha value is -0.870. The molecule has 1 N–H and O–H groups in total. The van der Waals surface area contributed by atoms with Gasteiger partial charge < -0.3 is 5.32 Å². The molecule has 1 aromatic rings. The Bertz CT molecular complexity index is 407. The topological polar surface area (TPSA) is 32.3 Å². The van der Waals surface area contributed by atoms with E-state index in [0.717, 1.165) is 10.0 Å². The second-order valence-electron chi connectivity index (χ2n) is 4.82. The molecule has 1 rings (SSSR count). The second kappa shape index (κ2) is 6.90. The van der Waals surface area contributed by atoms with Gasteiger partial charge in [0.15, 0.2) is 0 Å². The van der Waals surface area contributed by atoms with Gasteiger partial charge in [0.25, 0.3) is 0 Å². The lowest BCUT2D eigenvalue weighted by atomic mass is 10.1. The van der Waals surface area contributed by atoms with E-state index in [9.17, 15) is 4.79 Å². The van der Waals surface area contributed by atoms with Crippen LogP contribution in [0.15, 0.2) is 28.7 Å². The molecule has 0 heterocycles. The largest absolute Gasteiger partial charge is 0.348 e. The number of halogens is 1. The van der Waals surface area contributed by atoms with Gasteiger partial charge in [-0.1, -0.05) is 34.1 Å². The Morgan fingerprint density at radius 3 is 2.50 bits per heavy atom. The van der Waals surface area contributed by atoms with Gasteiger partial charge in [-0.05, 0) is 39.4 Å². The Kier molecular flexibility index (Phi) is 5.82. The summed E-state index contributed by atoms with van der Waals surface area (Å²) in [5.41, 5.74) is 1.10. The van der Waals surface area contributed by atoms with Crippen molar-refractivity contribution in [2.24, 2.45) is 0 Å². The summed E-state index contributed by atoms with van der Waals surface area (Å²) in [5.74, 6) is 0.0504. The van der Waals surface area contributed by atoms with Crippen LogP contribution in [0.4, 0.5) is 0 Å². The van der Waals surface area contributed by atoms with Crippen LogP contribution >= 0.6 is 15.9 Å². The summed E-state index contributed by atoms with van der Waals surface area (Å²) in [6.45, 7) is 6.56. The molecule has 0 saturated heterocycles. The molecule has 0 aromatic heterocycles. The maximum absolute atomic E-state index is 11.9. The SMILES string of the molecule is CC(NC(=O)CN(C)C(C)C)c1ccccc1Br. The molecule has 0 bridgehead atoms. The zero-order valence-corrected chi connectivity index (χ0v) is 13.0. The fraction of sp³-hybridized carbons (Fsp3) is 0.500. The predicted octanol–water partition coefficient (Wildman–Crippen LogP) is 2.97. The van der Waals surface area contributed by atoms with Crippen LogP contribution < -0.4 is 5.32 Å². The van der Waals surface area contributed by atoms with E-state index in [1.54, 1.807) is 0 Å². The molecular formula is C14H21BrN2O. The van der Waals surface area contributed by atoms with E-state index in [0.29, 0.717) is 12.6 Å². The Balaban J connectivity index is 2.58. The fourth-order valence-electron chi connectivity index (χ4n) is 1.60. The highest BCUT2D eigenvalue weighted by atomic mass is 79.9. The molecule has 0 spiro atoms. The van der Waals surface area contributed by atoms with Gasteiger partial charge in [0.05, 0.1) is 12.6 Å². The van der Waals surface area contributed by atoms with E-state index in [4.69, 9.17) is 0 Å². The zero-order valence-electron chi connectivity index (χ0n) is 11.4. The number of carbonyl (C=O) groups excluding carboxylic acids is 1. The monoisotopic (exact) mass is 312 g/mol. The van der Waals surface area contributed by atoms with E-state index < -0.39 is 0 Å². The molecule has 4 heteroatoms. The summed E-state index contributed by atoms with van der Waals surface area (Å²) in [4.78, 5) is 13.9. The van der Waals surface area contributed by atoms with Gasteiger partial charge in [-0.3, -0.25) is 9.69 Å². The molecule has 0 aliphatic heterocycles. The van der Waals surface area contributed by atoms with Crippen molar-refractivity contribution in [1.29, 1.82) is 0 Å². The molecule has 1 aromatic carbocycles. The first-order chi connectivity index (χ1) is 8.41. The number of hydrogen-bond donors (Lipinski definition) is 1. The first-order valence-corrected chi connectivity index (χ1v) is 6.95. The van der Waals surface area contributed by atoms with Crippen molar-refractivity contribution < 1.29 is 4.79 Å². The highest BCUT2D eigenvalue weighted by Crippen LogP contribution is 2.22. The van der Waals surface area contributed by atoms with E-state index >= 15 is 0 Å². The molecule has 0 radical (unpaired) electrons. The van der Waals surface area contributed by atoms with E-state index in [1.165, 1.54) is 0 Å². The zero-order chi connectivity index (χ0) is 13.7. The molecule has 1 amide bonds. The van der Waals surface area contributed by atoms with Crippen molar-refractivity contribution in [3.63, 3.8) is 0 Å². The van der Waals surface area contributed by atoms with E-state index in [-0.39, 0.29) is 11.9 Å². The molecule has 0 aliphatic rings. The van der Waals surface area contributed by atoms with Crippen molar-refractivity contribution >= 4 is 21.8 Å². The minimum absolute atomic E-state index is 0.00800. The fourth-order valence-corrected chi connectivity index (χ4v) is 2.23.